The summed E-state index contributed by atoms with van der Waals surface area (Å²) in [6.07, 6.45) is 4.27. The van der Waals surface area contributed by atoms with Gasteiger partial charge < -0.3 is 0 Å². The van der Waals surface area contributed by atoms with E-state index in [0.29, 0.717) is 62.4 Å². The van der Waals surface area contributed by atoms with Gasteiger partial charge >= 0.3 is 246 Å². The number of amides is 2. The van der Waals surface area contributed by atoms with E-state index in [1.165, 1.54) is 16.3 Å². The Morgan fingerprint density at radius 1 is 1.02 bits per heavy atom. The van der Waals surface area contributed by atoms with E-state index in [4.69, 9.17) is 31.0 Å². The van der Waals surface area contributed by atoms with Crippen LogP contribution in [0.3, 0.4) is 0 Å². The molecular formula is C32H33B3Cl2N6O4. The van der Waals surface area contributed by atoms with Crippen LogP contribution in [-0.4, -0.2) is 107 Å². The van der Waals surface area contributed by atoms with E-state index >= 15 is 0 Å². The molecular weight excluding hydrogens is 636 g/mol. The van der Waals surface area contributed by atoms with Crippen molar-refractivity contribution >= 4 is 86.0 Å². The number of piperazine rings is 1. The summed E-state index contributed by atoms with van der Waals surface area (Å²) in [7, 11) is 6.21. The first kappa shape index (κ1) is 36.0. The number of hydrogen-bond donors (Lipinski definition) is 1. The van der Waals surface area contributed by atoms with E-state index in [-0.39, 0.29) is 30.9 Å². The van der Waals surface area contributed by atoms with E-state index in [0.717, 1.165) is 25.2 Å². The van der Waals surface area contributed by atoms with Crippen LogP contribution in [-0.2, 0) is 27.0 Å². The Morgan fingerprint density at radius 2 is 1.81 bits per heavy atom. The molecule has 47 heavy (non-hydrogen) atoms. The summed E-state index contributed by atoms with van der Waals surface area (Å²) in [5.74, 6) is -1.12. The third kappa shape index (κ3) is 11.2. The van der Waals surface area contributed by atoms with Gasteiger partial charge in [0.25, 0.3) is 0 Å². The Bertz CT molecular complexity index is 1670. The molecule has 1 aliphatic rings. The molecule has 2 amide bonds. The molecule has 2 radical (unpaired) electrons. The SMILES string of the molecule is [B]C(=O)NC(=NCCC[C@H]1CN(CCc2ccc3ccccc3c2)CCN1C(=O)[C@@H](Cc1ccc(Cl)cc1Cl)N=CB=O)/N=C\B=O. The van der Waals surface area contributed by atoms with E-state index in [9.17, 15) is 19.0 Å². The van der Waals surface area contributed by atoms with Gasteiger partial charge in [-0.25, -0.2) is 0 Å². The average Bonchev–Trinajstić information content (AvgIpc) is 3.06. The number of benzene rings is 3. The number of guanidine groups is 1. The van der Waals surface area contributed by atoms with Crippen molar-refractivity contribution in [2.45, 2.75) is 37.8 Å². The molecule has 0 saturated carbocycles. The number of halogens is 2. The monoisotopic (exact) mass is 668 g/mol. The summed E-state index contributed by atoms with van der Waals surface area (Å²) in [6, 6.07) is 18.8. The van der Waals surface area contributed by atoms with Crippen LogP contribution in [0.15, 0.2) is 75.6 Å². The topological polar surface area (TPSA) is 124 Å². The Labute approximate surface area is 286 Å². The molecule has 0 spiro atoms. The number of fused-ring (bicyclic) bond motifs is 1. The van der Waals surface area contributed by atoms with Crippen LogP contribution in [0.25, 0.3) is 10.8 Å². The van der Waals surface area contributed by atoms with Gasteiger partial charge in [-0.15, -0.1) is 0 Å². The third-order valence-corrected chi connectivity index (χ3v) is 8.46. The van der Waals surface area contributed by atoms with E-state index < -0.39 is 11.8 Å². The van der Waals surface area contributed by atoms with Crippen LogP contribution in [0, 0.1) is 0 Å². The fourth-order valence-corrected chi connectivity index (χ4v) is 6.09. The van der Waals surface area contributed by atoms with Crippen molar-refractivity contribution in [3.05, 3.63) is 81.8 Å². The maximum atomic E-state index is 14.1. The number of nitrogens with zero attached hydrogens (tertiary/aromatic N) is 5. The maximum absolute atomic E-state index is 14.1. The fraction of sp³-hybridized carbons (Fsp3) is 0.344. The number of carbonyl (C=O) groups excluding carboxylic acids is 2. The molecule has 238 valence electrons. The summed E-state index contributed by atoms with van der Waals surface area (Å²) >= 11 is 12.5. The molecule has 4 rings (SSSR count). The summed E-state index contributed by atoms with van der Waals surface area (Å²) < 4.78 is 21.9. The predicted molar refractivity (Wildman–Crippen MR) is 189 cm³/mol. The van der Waals surface area contributed by atoms with Gasteiger partial charge in [0, 0.05) is 0 Å². The summed E-state index contributed by atoms with van der Waals surface area (Å²) in [5.41, 5.74) is 1.93. The fourth-order valence-electron chi connectivity index (χ4n) is 5.61. The molecule has 1 fully saturated rings. The molecule has 0 aliphatic carbocycles. The van der Waals surface area contributed by atoms with Gasteiger partial charge in [0.15, 0.2) is 0 Å². The Kier molecular flexibility index (Phi) is 14.2. The van der Waals surface area contributed by atoms with Crippen molar-refractivity contribution in [1.29, 1.82) is 0 Å². The molecule has 10 nitrogen and oxygen atoms in total. The van der Waals surface area contributed by atoms with Gasteiger partial charge in [-0.05, 0) is 10.8 Å². The molecule has 1 N–H and O–H groups in total. The van der Waals surface area contributed by atoms with Gasteiger partial charge in [-0.2, -0.15) is 0 Å². The molecule has 1 aliphatic heterocycles. The van der Waals surface area contributed by atoms with Crippen molar-refractivity contribution < 1.29 is 19.0 Å². The Morgan fingerprint density at radius 3 is 2.55 bits per heavy atom. The van der Waals surface area contributed by atoms with Crippen LogP contribution in [0.2, 0.25) is 10.0 Å². The quantitative estimate of drug-likeness (QED) is 0.128. The zero-order valence-electron chi connectivity index (χ0n) is 25.8. The molecule has 1 saturated heterocycles. The van der Waals surface area contributed by atoms with Crippen LogP contribution >= 0.6 is 23.2 Å². The Balaban J connectivity index is 1.50. The van der Waals surface area contributed by atoms with E-state index in [1.807, 2.05) is 17.0 Å². The second-order valence-electron chi connectivity index (χ2n) is 11.1. The molecule has 0 unspecified atom stereocenters. The predicted octanol–water partition coefficient (Wildman–Crippen LogP) is 3.98. The van der Waals surface area contributed by atoms with Gasteiger partial charge in [-0.3, -0.25) is 0 Å². The van der Waals surface area contributed by atoms with Crippen LogP contribution in [0.4, 0.5) is 4.79 Å². The summed E-state index contributed by atoms with van der Waals surface area (Å²) in [4.78, 5) is 41.9. The first-order chi connectivity index (χ1) is 22.8. The number of hydrogen-bond acceptors (Lipinski definition) is 7. The van der Waals surface area contributed by atoms with Gasteiger partial charge in [0.1, 0.15) is 0 Å². The third-order valence-electron chi connectivity index (χ3n) is 7.87. The summed E-state index contributed by atoms with van der Waals surface area (Å²) in [6.45, 7) is 2.87. The van der Waals surface area contributed by atoms with Crippen molar-refractivity contribution in [1.82, 2.24) is 15.1 Å². The van der Waals surface area contributed by atoms with Gasteiger partial charge in [0.2, 0.25) is 0 Å². The van der Waals surface area contributed by atoms with Crippen molar-refractivity contribution in [3.8, 4) is 0 Å². The number of aliphatic imine (C=N–C) groups is 3. The summed E-state index contributed by atoms with van der Waals surface area (Å²) in [5, 5.41) is 5.59. The molecule has 3 aromatic carbocycles. The molecule has 0 aromatic heterocycles. The zero-order chi connectivity index (χ0) is 33.6. The van der Waals surface area contributed by atoms with Crippen LogP contribution in [0.1, 0.15) is 24.0 Å². The number of nitrogens with one attached hydrogen (secondary N) is 1. The normalized spacial score (nSPS) is 16.3. The van der Waals surface area contributed by atoms with Crippen molar-refractivity contribution in [2.75, 3.05) is 32.7 Å². The van der Waals surface area contributed by atoms with Crippen LogP contribution < -0.4 is 5.32 Å². The van der Waals surface area contributed by atoms with Crippen LogP contribution in [0.5, 0.6) is 0 Å². The Hall–Kier alpha value is -3.80. The second-order valence-corrected chi connectivity index (χ2v) is 11.9. The van der Waals surface area contributed by atoms with E-state index in [2.05, 4.69) is 55.5 Å². The number of carbonyl (C=O) groups is 2. The first-order valence-corrected chi connectivity index (χ1v) is 16.0. The molecule has 1 heterocycles. The zero-order valence-corrected chi connectivity index (χ0v) is 27.3. The second kappa shape index (κ2) is 18.5. The van der Waals surface area contributed by atoms with Crippen molar-refractivity contribution in [2.24, 2.45) is 15.0 Å². The molecule has 3 aromatic rings. The van der Waals surface area contributed by atoms with Crippen molar-refractivity contribution in [3.63, 3.8) is 0 Å². The molecule has 15 heteroatoms. The average molecular weight is 669 g/mol. The molecule has 0 bridgehead atoms. The van der Waals surface area contributed by atoms with Gasteiger partial charge in [0.05, 0.1) is 0 Å². The molecule has 2 atom stereocenters. The minimum atomic E-state index is -0.854. The van der Waals surface area contributed by atoms with Gasteiger partial charge in [-0.1, -0.05) is 30.3 Å². The number of rotatable bonds is 13. The standard InChI is InChI=1S/C32H33B3Cl2N6O4/c33-31(45)41-32(40-21-35-47)38-12-3-6-27-19-42(13-11-22-7-8-23-4-1-2-5-24(23)16-22)14-15-43(27)30(44)29(39-20-34-46)17-25-9-10-26(36)18-28(25)37/h1-2,4-5,7-10,16,18,20-21,27,29H,3,6,11-15,17,19H2,(H,38,41,45)/b39-20?,40-21-/t27-,29+/m0/s1. The minimum absolute atomic E-state index is 0.0682. The first-order valence-electron chi connectivity index (χ1n) is 15.3. The van der Waals surface area contributed by atoms with E-state index in [1.54, 1.807) is 18.2 Å².